The first-order chi connectivity index (χ1) is 18.3. The fourth-order valence-corrected chi connectivity index (χ4v) is 4.81. The van der Waals surface area contributed by atoms with Gasteiger partial charge in [0.2, 0.25) is 0 Å². The van der Waals surface area contributed by atoms with Gasteiger partial charge in [-0.15, -0.1) is 0 Å². The minimum Gasteiger partial charge on any atom is -0.507 e. The molecule has 2 aliphatic heterocycles. The number of likely N-dealkylation sites (N-methyl/N-ethyl adjacent to an activating group) is 1. The van der Waals surface area contributed by atoms with Crippen molar-refractivity contribution in [3.63, 3.8) is 0 Å². The Bertz CT molecular complexity index is 1400. The van der Waals surface area contributed by atoms with E-state index in [1.54, 1.807) is 73.8 Å². The quantitative estimate of drug-likeness (QED) is 0.283. The van der Waals surface area contributed by atoms with E-state index in [1.807, 2.05) is 25.8 Å². The molecule has 8 heteroatoms. The van der Waals surface area contributed by atoms with E-state index in [0.717, 1.165) is 5.69 Å². The highest BCUT2D eigenvalue weighted by Crippen LogP contribution is 2.43. The first-order valence-electron chi connectivity index (χ1n) is 12.5. The summed E-state index contributed by atoms with van der Waals surface area (Å²) >= 11 is 0. The van der Waals surface area contributed by atoms with Crippen molar-refractivity contribution in [1.29, 1.82) is 0 Å². The monoisotopic (exact) mass is 514 g/mol. The van der Waals surface area contributed by atoms with Crippen LogP contribution in [-0.2, 0) is 9.59 Å². The number of rotatable bonds is 6. The van der Waals surface area contributed by atoms with Gasteiger partial charge in [-0.25, -0.2) is 0 Å². The highest BCUT2D eigenvalue weighted by atomic mass is 16.5. The lowest BCUT2D eigenvalue weighted by Gasteiger charge is -2.28. The van der Waals surface area contributed by atoms with Crippen molar-refractivity contribution in [1.82, 2.24) is 0 Å². The molecule has 0 aliphatic carbocycles. The Kier molecular flexibility index (Phi) is 6.72. The summed E-state index contributed by atoms with van der Waals surface area (Å²) in [6.07, 6.45) is -0.00422. The van der Waals surface area contributed by atoms with Crippen LogP contribution >= 0.6 is 0 Å². The van der Waals surface area contributed by atoms with Crippen LogP contribution in [0.3, 0.4) is 0 Å². The molecule has 0 spiro atoms. The van der Waals surface area contributed by atoms with Gasteiger partial charge in [0.1, 0.15) is 29.6 Å². The molecular formula is C30H30N2O6. The van der Waals surface area contributed by atoms with Crippen molar-refractivity contribution in [3.8, 4) is 17.2 Å². The van der Waals surface area contributed by atoms with Crippen LogP contribution in [-0.4, -0.2) is 50.2 Å². The van der Waals surface area contributed by atoms with Gasteiger partial charge in [0.05, 0.1) is 37.1 Å². The smallest absolute Gasteiger partial charge is 0.300 e. The number of ether oxygens (including phenoxy) is 3. The summed E-state index contributed by atoms with van der Waals surface area (Å²) < 4.78 is 16.8. The number of aliphatic hydroxyl groups is 1. The van der Waals surface area contributed by atoms with Gasteiger partial charge >= 0.3 is 0 Å². The molecule has 3 aromatic carbocycles. The number of ketones is 1. The number of hydrogen-bond acceptors (Lipinski definition) is 7. The number of Topliss-reactive ketones (excluding diaryl/α,β-unsaturated/α-hetero) is 1. The summed E-state index contributed by atoms with van der Waals surface area (Å²) in [6.45, 7) is 5.13. The highest BCUT2D eigenvalue weighted by molar-refractivity contribution is 6.51. The maximum absolute atomic E-state index is 13.5. The molecule has 3 aromatic rings. The molecule has 1 amide bonds. The van der Waals surface area contributed by atoms with Crippen LogP contribution < -0.4 is 24.0 Å². The molecule has 1 saturated heterocycles. The number of amides is 1. The molecule has 1 unspecified atom stereocenters. The predicted octanol–water partition coefficient (Wildman–Crippen LogP) is 4.94. The van der Waals surface area contributed by atoms with Crippen molar-refractivity contribution in [3.05, 3.63) is 83.4 Å². The molecule has 0 radical (unpaired) electrons. The fraction of sp³-hybridized carbons (Fsp3) is 0.267. The molecule has 8 nitrogen and oxygen atoms in total. The summed E-state index contributed by atoms with van der Waals surface area (Å²) in [5.74, 6) is 0.274. The second-order valence-corrected chi connectivity index (χ2v) is 9.56. The second-order valence-electron chi connectivity index (χ2n) is 9.56. The van der Waals surface area contributed by atoms with Gasteiger partial charge in [-0.1, -0.05) is 12.1 Å². The average molecular weight is 515 g/mol. The van der Waals surface area contributed by atoms with Crippen molar-refractivity contribution in [2.24, 2.45) is 0 Å². The number of nitrogens with zero attached hydrogens (tertiary/aromatic N) is 2. The van der Waals surface area contributed by atoms with Crippen LogP contribution in [0.5, 0.6) is 17.2 Å². The van der Waals surface area contributed by atoms with Crippen molar-refractivity contribution in [2.45, 2.75) is 26.0 Å². The molecule has 1 N–H and O–H groups in total. The summed E-state index contributed by atoms with van der Waals surface area (Å²) in [5.41, 5.74) is 2.42. The highest BCUT2D eigenvalue weighted by Gasteiger charge is 2.47. The minimum atomic E-state index is -0.845. The van der Waals surface area contributed by atoms with E-state index in [0.29, 0.717) is 47.2 Å². The Morgan fingerprint density at radius 3 is 2.34 bits per heavy atom. The topological polar surface area (TPSA) is 88.5 Å². The Morgan fingerprint density at radius 2 is 1.68 bits per heavy atom. The first kappa shape index (κ1) is 25.2. The lowest BCUT2D eigenvalue weighted by Crippen LogP contribution is -2.29. The van der Waals surface area contributed by atoms with Gasteiger partial charge in [0.25, 0.3) is 11.7 Å². The van der Waals surface area contributed by atoms with Crippen LogP contribution in [0.15, 0.2) is 72.3 Å². The molecular weight excluding hydrogens is 484 g/mol. The van der Waals surface area contributed by atoms with Gasteiger partial charge in [0.15, 0.2) is 0 Å². The predicted molar refractivity (Wildman–Crippen MR) is 145 cm³/mol. The zero-order chi connectivity index (χ0) is 27.0. The Balaban J connectivity index is 1.64. The van der Waals surface area contributed by atoms with E-state index >= 15 is 0 Å². The number of anilines is 2. The molecule has 0 aromatic heterocycles. The van der Waals surface area contributed by atoms with Crippen molar-refractivity contribution >= 4 is 28.8 Å². The normalized spacial score (nSPS) is 18.4. The number of fused-ring (bicyclic) bond motifs is 1. The standard InChI is InChI=1S/C30H30N2O6/c1-18(2)38-23-12-8-21(9-13-23)32-27(19-5-10-22(36-4)11-6-19)26(29(34)30(32)35)28(33)20-7-14-25-24(17-20)31(3)15-16-37-25/h5-14,17-18,27,33H,15-16H2,1-4H3/b28-26-. The lowest BCUT2D eigenvalue weighted by atomic mass is 9.94. The third kappa shape index (κ3) is 4.53. The van der Waals surface area contributed by atoms with Crippen LogP contribution in [0.1, 0.15) is 31.0 Å². The zero-order valence-electron chi connectivity index (χ0n) is 21.8. The number of hydrogen-bond donors (Lipinski definition) is 1. The van der Waals surface area contributed by atoms with Crippen LogP contribution in [0.4, 0.5) is 11.4 Å². The molecule has 0 bridgehead atoms. The fourth-order valence-electron chi connectivity index (χ4n) is 4.81. The van der Waals surface area contributed by atoms with Gasteiger partial charge in [-0.05, 0) is 74.0 Å². The molecule has 0 saturated carbocycles. The maximum Gasteiger partial charge on any atom is 0.300 e. The lowest BCUT2D eigenvalue weighted by molar-refractivity contribution is -0.132. The summed E-state index contributed by atoms with van der Waals surface area (Å²) in [6, 6.07) is 18.5. The third-order valence-corrected chi connectivity index (χ3v) is 6.69. The maximum atomic E-state index is 13.5. The van der Waals surface area contributed by atoms with Crippen LogP contribution in [0.25, 0.3) is 5.76 Å². The summed E-state index contributed by atoms with van der Waals surface area (Å²) in [5, 5.41) is 11.5. The Labute approximate surface area is 221 Å². The Hall–Kier alpha value is -4.46. The van der Waals surface area contributed by atoms with E-state index in [-0.39, 0.29) is 17.4 Å². The molecule has 38 heavy (non-hydrogen) atoms. The molecule has 1 fully saturated rings. The molecule has 196 valence electrons. The first-order valence-corrected chi connectivity index (χ1v) is 12.5. The largest absolute Gasteiger partial charge is 0.507 e. The molecule has 2 heterocycles. The average Bonchev–Trinajstić information content (AvgIpc) is 3.18. The van der Waals surface area contributed by atoms with Gasteiger partial charge in [0, 0.05) is 18.3 Å². The number of carbonyl (C=O) groups is 2. The summed E-state index contributed by atoms with van der Waals surface area (Å²) in [7, 11) is 3.51. The Morgan fingerprint density at radius 1 is 1.00 bits per heavy atom. The zero-order valence-corrected chi connectivity index (χ0v) is 21.8. The van der Waals surface area contributed by atoms with Crippen molar-refractivity contribution in [2.75, 3.05) is 37.1 Å². The van der Waals surface area contributed by atoms with Crippen LogP contribution in [0.2, 0.25) is 0 Å². The second kappa shape index (κ2) is 10.1. The van der Waals surface area contributed by atoms with E-state index in [9.17, 15) is 14.7 Å². The van der Waals surface area contributed by atoms with Gasteiger partial charge in [-0.3, -0.25) is 14.5 Å². The minimum absolute atomic E-state index is 0.00422. The SMILES string of the molecule is COc1ccc(C2/C(=C(/O)c3ccc4c(c3)N(C)CCO4)C(=O)C(=O)N2c2ccc(OC(C)C)cc2)cc1. The van der Waals surface area contributed by atoms with Gasteiger partial charge in [-0.2, -0.15) is 0 Å². The summed E-state index contributed by atoms with van der Waals surface area (Å²) in [4.78, 5) is 30.4. The van der Waals surface area contributed by atoms with Crippen molar-refractivity contribution < 1.29 is 28.9 Å². The van der Waals surface area contributed by atoms with Gasteiger partial charge < -0.3 is 24.2 Å². The number of methoxy groups -OCH3 is 1. The molecule has 2 aliphatic rings. The third-order valence-electron chi connectivity index (χ3n) is 6.69. The van der Waals surface area contributed by atoms with E-state index in [1.165, 1.54) is 4.90 Å². The van der Waals surface area contributed by atoms with E-state index in [2.05, 4.69) is 0 Å². The van der Waals surface area contributed by atoms with E-state index < -0.39 is 17.7 Å². The van der Waals surface area contributed by atoms with E-state index in [4.69, 9.17) is 14.2 Å². The number of carbonyl (C=O) groups excluding carboxylic acids is 2. The molecule has 5 rings (SSSR count). The van der Waals surface area contributed by atoms with Crippen LogP contribution in [0, 0.1) is 0 Å². The number of aliphatic hydroxyl groups excluding tert-OH is 1. The molecule has 1 atom stereocenters. The number of benzene rings is 3.